The van der Waals surface area contributed by atoms with Crippen molar-refractivity contribution in [2.45, 2.75) is 26.8 Å². The van der Waals surface area contributed by atoms with Crippen LogP contribution in [0.2, 0.25) is 0 Å². The van der Waals surface area contributed by atoms with Crippen LogP contribution in [0, 0.1) is 5.92 Å². The summed E-state index contributed by atoms with van der Waals surface area (Å²) < 4.78 is 5.39. The molecule has 0 bridgehead atoms. The van der Waals surface area contributed by atoms with Gasteiger partial charge in [0.2, 0.25) is 11.8 Å². The van der Waals surface area contributed by atoms with Gasteiger partial charge in [-0.3, -0.25) is 9.59 Å². The van der Waals surface area contributed by atoms with E-state index < -0.39 is 6.04 Å². The number of rotatable bonds is 6. The molecule has 2 N–H and O–H groups in total. The van der Waals surface area contributed by atoms with Gasteiger partial charge in [0.15, 0.2) is 5.13 Å². The van der Waals surface area contributed by atoms with Gasteiger partial charge in [0.1, 0.15) is 6.04 Å². The molecule has 0 unspecified atom stereocenters. The first kappa shape index (κ1) is 20.3. The van der Waals surface area contributed by atoms with Crippen molar-refractivity contribution >= 4 is 34.0 Å². The Kier molecular flexibility index (Phi) is 6.64. The van der Waals surface area contributed by atoms with E-state index in [1.807, 2.05) is 43.5 Å². The van der Waals surface area contributed by atoms with Crippen molar-refractivity contribution in [1.82, 2.24) is 10.3 Å². The molecule has 0 saturated carbocycles. The molecule has 1 atom stereocenters. The number of nitrogens with one attached hydrogen (secondary N) is 2. The van der Waals surface area contributed by atoms with Gasteiger partial charge in [-0.15, -0.1) is 11.3 Å². The van der Waals surface area contributed by atoms with Crippen molar-refractivity contribution < 1.29 is 14.3 Å². The van der Waals surface area contributed by atoms with Crippen LogP contribution >= 0.6 is 11.3 Å². The smallest absolute Gasteiger partial charge is 0.247 e. The normalized spacial score (nSPS) is 15.4. The number of hydrogen-bond acceptors (Lipinski definition) is 6. The van der Waals surface area contributed by atoms with Crippen molar-refractivity contribution in [3.8, 4) is 11.3 Å². The Hall–Kier alpha value is -2.45. The van der Waals surface area contributed by atoms with Crippen molar-refractivity contribution in [3.05, 3.63) is 29.6 Å². The van der Waals surface area contributed by atoms with Gasteiger partial charge in [0, 0.05) is 36.6 Å². The van der Waals surface area contributed by atoms with Crippen molar-refractivity contribution in [2.75, 3.05) is 36.5 Å². The number of morpholine rings is 1. The van der Waals surface area contributed by atoms with Gasteiger partial charge in [-0.1, -0.05) is 26.0 Å². The van der Waals surface area contributed by atoms with E-state index in [1.54, 1.807) is 11.3 Å². The monoisotopic (exact) mass is 402 g/mol. The number of anilines is 2. The summed E-state index contributed by atoms with van der Waals surface area (Å²) >= 11 is 1.63. The molecular weight excluding hydrogens is 376 g/mol. The highest BCUT2D eigenvalue weighted by atomic mass is 32.1. The lowest BCUT2D eigenvalue weighted by Gasteiger charge is -2.26. The number of carbonyl (C=O) groups is 2. The van der Waals surface area contributed by atoms with Crippen molar-refractivity contribution in [1.29, 1.82) is 0 Å². The van der Waals surface area contributed by atoms with E-state index in [9.17, 15) is 9.59 Å². The first-order valence-corrected chi connectivity index (χ1v) is 10.3. The Labute approximate surface area is 169 Å². The molecule has 150 valence electrons. The summed E-state index contributed by atoms with van der Waals surface area (Å²) in [7, 11) is 0. The van der Waals surface area contributed by atoms with Gasteiger partial charge < -0.3 is 20.3 Å². The third kappa shape index (κ3) is 5.08. The molecule has 1 aromatic heterocycles. The first-order valence-electron chi connectivity index (χ1n) is 9.40. The average molecular weight is 403 g/mol. The van der Waals surface area contributed by atoms with Crippen molar-refractivity contribution in [3.63, 3.8) is 0 Å². The molecule has 1 saturated heterocycles. The number of ether oxygens (including phenoxy) is 1. The van der Waals surface area contributed by atoms with E-state index in [0.717, 1.165) is 42.7 Å². The molecular formula is C20H26N4O3S. The number of hydrogen-bond donors (Lipinski definition) is 2. The van der Waals surface area contributed by atoms with Gasteiger partial charge in [0.25, 0.3) is 0 Å². The second-order valence-electron chi connectivity index (χ2n) is 7.10. The lowest BCUT2D eigenvalue weighted by molar-refractivity contribution is -0.126. The molecule has 2 heterocycles. The highest BCUT2D eigenvalue weighted by Gasteiger charge is 2.23. The van der Waals surface area contributed by atoms with Crippen LogP contribution in [0.3, 0.4) is 0 Å². The molecule has 0 aliphatic carbocycles. The Morgan fingerprint density at radius 2 is 1.86 bits per heavy atom. The van der Waals surface area contributed by atoms with Crippen LogP contribution < -0.4 is 15.5 Å². The van der Waals surface area contributed by atoms with Crippen LogP contribution in [0.25, 0.3) is 11.3 Å². The highest BCUT2D eigenvalue weighted by Crippen LogP contribution is 2.28. The lowest BCUT2D eigenvalue weighted by Crippen LogP contribution is -2.46. The molecule has 1 fully saturated rings. The number of carbonyl (C=O) groups excluding carboxylic acids is 2. The van der Waals surface area contributed by atoms with Crippen LogP contribution in [-0.2, 0) is 14.3 Å². The Bertz CT molecular complexity index is 813. The maximum Gasteiger partial charge on any atom is 0.247 e. The molecule has 3 rings (SSSR count). The largest absolute Gasteiger partial charge is 0.378 e. The molecule has 2 amide bonds. The minimum atomic E-state index is -0.563. The maximum absolute atomic E-state index is 12.5. The summed E-state index contributed by atoms with van der Waals surface area (Å²) in [5.41, 5.74) is 2.60. The summed E-state index contributed by atoms with van der Waals surface area (Å²) in [4.78, 5) is 30.8. The fourth-order valence-corrected chi connectivity index (χ4v) is 3.88. The maximum atomic E-state index is 12.5. The van der Waals surface area contributed by atoms with E-state index in [4.69, 9.17) is 9.72 Å². The third-order valence-corrected chi connectivity index (χ3v) is 5.43. The Balaban J connectivity index is 1.65. The van der Waals surface area contributed by atoms with E-state index in [1.165, 1.54) is 6.92 Å². The van der Waals surface area contributed by atoms with Crippen LogP contribution in [0.15, 0.2) is 29.6 Å². The summed E-state index contributed by atoms with van der Waals surface area (Å²) in [5, 5.41) is 8.62. The van der Waals surface area contributed by atoms with Gasteiger partial charge in [-0.05, 0) is 18.1 Å². The molecule has 1 aliphatic heterocycles. The average Bonchev–Trinajstić information content (AvgIpc) is 3.17. The zero-order valence-corrected chi connectivity index (χ0v) is 17.2. The minimum absolute atomic E-state index is 0.00297. The second kappa shape index (κ2) is 9.16. The van der Waals surface area contributed by atoms with Crippen LogP contribution in [0.5, 0.6) is 0 Å². The van der Waals surface area contributed by atoms with Crippen LogP contribution in [0.1, 0.15) is 20.8 Å². The quantitative estimate of drug-likeness (QED) is 0.776. The molecule has 7 nitrogen and oxygen atoms in total. The Morgan fingerprint density at radius 3 is 2.46 bits per heavy atom. The van der Waals surface area contributed by atoms with Crippen LogP contribution in [-0.4, -0.2) is 49.1 Å². The molecule has 8 heteroatoms. The SMILES string of the molecule is CC(=O)N[C@H](C(=O)Nc1ccc(-c2csc(N3CCOCC3)n2)cc1)C(C)C. The first-order chi connectivity index (χ1) is 13.4. The van der Waals surface area contributed by atoms with Crippen molar-refractivity contribution in [2.24, 2.45) is 5.92 Å². The summed E-state index contributed by atoms with van der Waals surface area (Å²) in [6, 6.07) is 7.03. The minimum Gasteiger partial charge on any atom is -0.378 e. The molecule has 1 aliphatic rings. The molecule has 0 radical (unpaired) electrons. The molecule has 1 aromatic carbocycles. The van der Waals surface area contributed by atoms with Gasteiger partial charge >= 0.3 is 0 Å². The highest BCUT2D eigenvalue weighted by molar-refractivity contribution is 7.14. The number of thiazole rings is 1. The zero-order chi connectivity index (χ0) is 20.1. The molecule has 0 spiro atoms. The summed E-state index contributed by atoms with van der Waals surface area (Å²) in [6.07, 6.45) is 0. The third-order valence-electron chi connectivity index (χ3n) is 4.53. The number of benzene rings is 1. The molecule has 2 aromatic rings. The fraction of sp³-hybridized carbons (Fsp3) is 0.450. The number of amides is 2. The van der Waals surface area contributed by atoms with E-state index in [2.05, 4.69) is 15.5 Å². The standard InChI is InChI=1S/C20H26N4O3S/c1-13(2)18(21-14(3)25)19(26)22-16-6-4-15(5-7-16)17-12-28-20(23-17)24-8-10-27-11-9-24/h4-7,12-13,18H,8-11H2,1-3H3,(H,21,25)(H,22,26)/t18-/m0/s1. The topological polar surface area (TPSA) is 83.6 Å². The van der Waals surface area contributed by atoms with E-state index >= 15 is 0 Å². The van der Waals surface area contributed by atoms with Gasteiger partial charge in [-0.2, -0.15) is 0 Å². The van der Waals surface area contributed by atoms with E-state index in [0.29, 0.717) is 5.69 Å². The predicted octanol–water partition coefficient (Wildman–Crippen LogP) is 2.75. The Morgan fingerprint density at radius 1 is 1.18 bits per heavy atom. The van der Waals surface area contributed by atoms with Crippen LogP contribution in [0.4, 0.5) is 10.8 Å². The number of nitrogens with zero attached hydrogens (tertiary/aromatic N) is 2. The zero-order valence-electron chi connectivity index (χ0n) is 16.4. The van der Waals surface area contributed by atoms with E-state index in [-0.39, 0.29) is 17.7 Å². The van der Waals surface area contributed by atoms with Gasteiger partial charge in [-0.25, -0.2) is 4.98 Å². The second-order valence-corrected chi connectivity index (χ2v) is 7.94. The summed E-state index contributed by atoms with van der Waals surface area (Å²) in [5.74, 6) is -0.443. The predicted molar refractivity (Wildman–Crippen MR) is 112 cm³/mol. The fourth-order valence-electron chi connectivity index (χ4n) is 3.00. The summed E-state index contributed by atoms with van der Waals surface area (Å²) in [6.45, 7) is 8.41. The lowest BCUT2D eigenvalue weighted by atomic mass is 10.0. The number of aromatic nitrogens is 1. The van der Waals surface area contributed by atoms with Gasteiger partial charge in [0.05, 0.1) is 18.9 Å². The molecule has 28 heavy (non-hydrogen) atoms.